The fourth-order valence-corrected chi connectivity index (χ4v) is 2.30. The summed E-state index contributed by atoms with van der Waals surface area (Å²) in [6, 6.07) is 0.493. The van der Waals surface area contributed by atoms with E-state index in [2.05, 4.69) is 17.3 Å². The van der Waals surface area contributed by atoms with Gasteiger partial charge in [0, 0.05) is 19.1 Å². The Bertz CT molecular complexity index is 266. The first-order valence-corrected chi connectivity index (χ1v) is 5.74. The highest BCUT2D eigenvalue weighted by molar-refractivity contribution is 5.78. The molecular formula is C11H20N2O3. The molecule has 1 unspecified atom stereocenters. The van der Waals surface area contributed by atoms with Crippen LogP contribution in [0, 0.1) is 5.41 Å². The largest absolute Gasteiger partial charge is 0.468 e. The van der Waals surface area contributed by atoms with Gasteiger partial charge in [0.25, 0.3) is 0 Å². The topological polar surface area (TPSA) is 50.8 Å². The monoisotopic (exact) mass is 228 g/mol. The lowest BCUT2D eigenvalue weighted by Crippen LogP contribution is -2.57. The SMILES string of the molecule is COC(=O)C1(CNC2CCN(C)C2)COC1. The molecule has 2 heterocycles. The number of rotatable bonds is 4. The molecule has 2 aliphatic rings. The van der Waals surface area contributed by atoms with E-state index in [4.69, 9.17) is 9.47 Å². The van der Waals surface area contributed by atoms with Crippen molar-refractivity contribution in [3.63, 3.8) is 0 Å². The van der Waals surface area contributed by atoms with Crippen molar-refractivity contribution in [2.24, 2.45) is 5.41 Å². The van der Waals surface area contributed by atoms with Crippen LogP contribution in [0.3, 0.4) is 0 Å². The van der Waals surface area contributed by atoms with Gasteiger partial charge in [-0.05, 0) is 20.0 Å². The Labute approximate surface area is 96.1 Å². The summed E-state index contributed by atoms with van der Waals surface area (Å²) in [4.78, 5) is 13.9. The van der Waals surface area contributed by atoms with E-state index in [1.165, 1.54) is 7.11 Å². The van der Waals surface area contributed by atoms with E-state index in [0.29, 0.717) is 25.8 Å². The van der Waals surface area contributed by atoms with E-state index in [1.54, 1.807) is 0 Å². The Hall–Kier alpha value is -0.650. The van der Waals surface area contributed by atoms with Crippen molar-refractivity contribution >= 4 is 5.97 Å². The number of likely N-dealkylation sites (tertiary alicyclic amines) is 1. The van der Waals surface area contributed by atoms with Gasteiger partial charge in [0.15, 0.2) is 0 Å². The fraction of sp³-hybridized carbons (Fsp3) is 0.909. The van der Waals surface area contributed by atoms with Crippen molar-refractivity contribution in [3.8, 4) is 0 Å². The van der Waals surface area contributed by atoms with Gasteiger partial charge in [-0.25, -0.2) is 0 Å². The molecule has 0 aromatic rings. The van der Waals surface area contributed by atoms with Gasteiger partial charge >= 0.3 is 5.97 Å². The van der Waals surface area contributed by atoms with Crippen LogP contribution in [0.2, 0.25) is 0 Å². The summed E-state index contributed by atoms with van der Waals surface area (Å²) in [6.45, 7) is 3.81. The van der Waals surface area contributed by atoms with Gasteiger partial charge in [-0.2, -0.15) is 0 Å². The van der Waals surface area contributed by atoms with Crippen molar-refractivity contribution in [3.05, 3.63) is 0 Å². The van der Waals surface area contributed by atoms with Crippen LogP contribution < -0.4 is 5.32 Å². The van der Waals surface area contributed by atoms with Crippen LogP contribution in [0.15, 0.2) is 0 Å². The molecule has 0 saturated carbocycles. The van der Waals surface area contributed by atoms with Crippen molar-refractivity contribution in [1.82, 2.24) is 10.2 Å². The molecule has 2 fully saturated rings. The number of esters is 1. The van der Waals surface area contributed by atoms with E-state index < -0.39 is 5.41 Å². The average Bonchev–Trinajstić information content (AvgIpc) is 2.62. The Morgan fingerprint density at radius 3 is 2.81 bits per heavy atom. The second kappa shape index (κ2) is 4.69. The molecule has 0 spiro atoms. The molecule has 2 saturated heterocycles. The molecule has 1 atom stereocenters. The number of ether oxygens (including phenoxy) is 2. The minimum atomic E-state index is -0.435. The third-order valence-electron chi connectivity index (χ3n) is 3.50. The molecule has 0 bridgehead atoms. The summed E-state index contributed by atoms with van der Waals surface area (Å²) in [5.41, 5.74) is -0.435. The second-order valence-corrected chi connectivity index (χ2v) is 4.89. The molecule has 16 heavy (non-hydrogen) atoms. The molecule has 0 aromatic heterocycles. The van der Waals surface area contributed by atoms with Gasteiger partial charge in [0.1, 0.15) is 5.41 Å². The molecule has 5 nitrogen and oxygen atoms in total. The minimum absolute atomic E-state index is 0.155. The number of carbonyl (C=O) groups is 1. The highest BCUT2D eigenvalue weighted by Crippen LogP contribution is 2.28. The molecule has 2 aliphatic heterocycles. The van der Waals surface area contributed by atoms with E-state index in [0.717, 1.165) is 19.5 Å². The summed E-state index contributed by atoms with van der Waals surface area (Å²) in [5, 5.41) is 3.45. The zero-order valence-corrected chi connectivity index (χ0v) is 9.99. The fourth-order valence-electron chi connectivity index (χ4n) is 2.30. The number of hydrogen-bond donors (Lipinski definition) is 1. The van der Waals surface area contributed by atoms with Crippen molar-refractivity contribution in [2.45, 2.75) is 12.5 Å². The van der Waals surface area contributed by atoms with Crippen LogP contribution in [-0.2, 0) is 14.3 Å². The lowest BCUT2D eigenvalue weighted by Gasteiger charge is -2.39. The zero-order chi connectivity index (χ0) is 11.6. The van der Waals surface area contributed by atoms with Crippen LogP contribution in [0.1, 0.15) is 6.42 Å². The highest BCUT2D eigenvalue weighted by atomic mass is 16.5. The lowest BCUT2D eigenvalue weighted by molar-refractivity contribution is -0.182. The van der Waals surface area contributed by atoms with Crippen LogP contribution in [0.4, 0.5) is 0 Å². The Kier molecular flexibility index (Phi) is 3.47. The van der Waals surface area contributed by atoms with Crippen LogP contribution in [-0.4, -0.2) is 63.9 Å². The first-order chi connectivity index (χ1) is 7.66. The third-order valence-corrected chi connectivity index (χ3v) is 3.50. The predicted octanol–water partition coefficient (Wildman–Crippen LogP) is -0.530. The summed E-state index contributed by atoms with van der Waals surface area (Å²) in [7, 11) is 3.55. The smallest absolute Gasteiger partial charge is 0.317 e. The van der Waals surface area contributed by atoms with Gasteiger partial charge in [-0.1, -0.05) is 0 Å². The molecule has 0 amide bonds. The molecular weight excluding hydrogens is 208 g/mol. The first kappa shape index (κ1) is 11.8. The number of nitrogens with one attached hydrogen (secondary N) is 1. The standard InChI is InChI=1S/C11H20N2O3/c1-13-4-3-9(5-13)12-6-11(7-16-8-11)10(14)15-2/h9,12H,3-8H2,1-2H3. The van der Waals surface area contributed by atoms with E-state index in [9.17, 15) is 4.79 Å². The number of methoxy groups -OCH3 is 1. The van der Waals surface area contributed by atoms with Crippen LogP contribution >= 0.6 is 0 Å². The summed E-state index contributed by atoms with van der Waals surface area (Å²) < 4.78 is 9.97. The normalized spacial score (nSPS) is 28.8. The van der Waals surface area contributed by atoms with Gasteiger partial charge < -0.3 is 19.7 Å². The quantitative estimate of drug-likeness (QED) is 0.656. The molecule has 1 N–H and O–H groups in total. The summed E-state index contributed by atoms with van der Waals surface area (Å²) >= 11 is 0. The minimum Gasteiger partial charge on any atom is -0.468 e. The number of hydrogen-bond acceptors (Lipinski definition) is 5. The van der Waals surface area contributed by atoms with Gasteiger partial charge in [0.2, 0.25) is 0 Å². The Balaban J connectivity index is 1.81. The van der Waals surface area contributed by atoms with Gasteiger partial charge in [-0.3, -0.25) is 4.79 Å². The molecule has 2 rings (SSSR count). The van der Waals surface area contributed by atoms with Gasteiger partial charge in [0.05, 0.1) is 20.3 Å². The van der Waals surface area contributed by atoms with Crippen molar-refractivity contribution in [1.29, 1.82) is 0 Å². The number of carbonyl (C=O) groups excluding carboxylic acids is 1. The maximum atomic E-state index is 11.6. The summed E-state index contributed by atoms with van der Waals surface area (Å²) in [5.74, 6) is -0.155. The summed E-state index contributed by atoms with van der Waals surface area (Å²) in [6.07, 6.45) is 1.15. The second-order valence-electron chi connectivity index (χ2n) is 4.89. The Morgan fingerprint density at radius 2 is 2.38 bits per heavy atom. The molecule has 0 radical (unpaired) electrons. The highest BCUT2D eigenvalue weighted by Gasteiger charge is 2.47. The third kappa shape index (κ3) is 2.21. The van der Waals surface area contributed by atoms with Gasteiger partial charge in [-0.15, -0.1) is 0 Å². The van der Waals surface area contributed by atoms with E-state index in [-0.39, 0.29) is 5.97 Å². The van der Waals surface area contributed by atoms with E-state index in [1.807, 2.05) is 0 Å². The number of likely N-dealkylation sites (N-methyl/N-ethyl adjacent to an activating group) is 1. The lowest BCUT2D eigenvalue weighted by atomic mass is 9.85. The number of nitrogens with zero attached hydrogens (tertiary/aromatic N) is 1. The van der Waals surface area contributed by atoms with Crippen molar-refractivity contribution in [2.75, 3.05) is 47.0 Å². The Morgan fingerprint density at radius 1 is 1.62 bits per heavy atom. The molecule has 92 valence electrons. The molecule has 5 heteroatoms. The van der Waals surface area contributed by atoms with Crippen LogP contribution in [0.5, 0.6) is 0 Å². The van der Waals surface area contributed by atoms with E-state index >= 15 is 0 Å². The maximum absolute atomic E-state index is 11.6. The maximum Gasteiger partial charge on any atom is 0.317 e. The molecule has 0 aromatic carbocycles. The molecule has 0 aliphatic carbocycles. The van der Waals surface area contributed by atoms with Crippen LogP contribution in [0.25, 0.3) is 0 Å². The first-order valence-electron chi connectivity index (χ1n) is 5.74. The average molecular weight is 228 g/mol. The predicted molar refractivity (Wildman–Crippen MR) is 59.2 cm³/mol. The van der Waals surface area contributed by atoms with Crippen molar-refractivity contribution < 1.29 is 14.3 Å². The zero-order valence-electron chi connectivity index (χ0n) is 9.99.